The molecule has 0 unspecified atom stereocenters. The molecule has 182 valence electrons. The van der Waals surface area contributed by atoms with Gasteiger partial charge in [0.05, 0.1) is 18.3 Å². The number of fused-ring (bicyclic) bond motifs is 1. The summed E-state index contributed by atoms with van der Waals surface area (Å²) in [5, 5.41) is 0. The Kier molecular flexibility index (Phi) is 6.33. The monoisotopic (exact) mass is 470 g/mol. The summed E-state index contributed by atoms with van der Waals surface area (Å²) >= 11 is 0. The van der Waals surface area contributed by atoms with Crippen LogP contribution in [0.5, 0.6) is 0 Å². The standard InChI is InChI=1S/C24H31FN6O3/c1-15-8-7-10-18(25)19(15)30-13-16-12-27-21(26)28-20(16)31(22(30)32)17-9-5-6-11-29(14-17)23(33)34-24(2,3)4/h7-8,10,12,17H,5-6,9,11,13-14H2,1-4H3,(H2,26,27,28)/t17-/m1/s1. The Bertz CT molecular complexity index is 1080. The zero-order chi connectivity index (χ0) is 24.6. The van der Waals surface area contributed by atoms with Gasteiger partial charge in [0.2, 0.25) is 5.95 Å². The molecule has 0 spiro atoms. The molecule has 0 radical (unpaired) electrons. The van der Waals surface area contributed by atoms with Crippen LogP contribution < -0.4 is 15.5 Å². The molecule has 0 aliphatic carbocycles. The van der Waals surface area contributed by atoms with Crippen LogP contribution in [-0.4, -0.2) is 51.7 Å². The number of nitrogen functional groups attached to an aromatic ring is 1. The molecular formula is C24H31FN6O3. The molecular weight excluding hydrogens is 439 g/mol. The molecule has 0 saturated carbocycles. The van der Waals surface area contributed by atoms with E-state index in [-0.39, 0.29) is 30.8 Å². The number of hydrogen-bond acceptors (Lipinski definition) is 6. The van der Waals surface area contributed by atoms with Crippen molar-refractivity contribution >= 4 is 29.6 Å². The van der Waals surface area contributed by atoms with E-state index >= 15 is 0 Å². The van der Waals surface area contributed by atoms with Crippen LogP contribution in [0.15, 0.2) is 24.4 Å². The zero-order valence-corrected chi connectivity index (χ0v) is 20.0. The third kappa shape index (κ3) is 4.76. The molecule has 1 fully saturated rings. The van der Waals surface area contributed by atoms with E-state index in [2.05, 4.69) is 9.97 Å². The van der Waals surface area contributed by atoms with Crippen LogP contribution in [0, 0.1) is 12.7 Å². The second-order valence-corrected chi connectivity index (χ2v) is 9.80. The van der Waals surface area contributed by atoms with E-state index in [0.717, 1.165) is 12.8 Å². The molecule has 9 nitrogen and oxygen atoms in total. The molecule has 1 aromatic heterocycles. The summed E-state index contributed by atoms with van der Waals surface area (Å²) in [5.41, 5.74) is 6.76. The molecule has 34 heavy (non-hydrogen) atoms. The van der Waals surface area contributed by atoms with Gasteiger partial charge in [-0.2, -0.15) is 4.98 Å². The minimum absolute atomic E-state index is 0.0460. The molecule has 2 aromatic rings. The van der Waals surface area contributed by atoms with Gasteiger partial charge in [0.15, 0.2) is 0 Å². The second-order valence-electron chi connectivity index (χ2n) is 9.80. The third-order valence-electron chi connectivity index (χ3n) is 5.98. The van der Waals surface area contributed by atoms with Crippen molar-refractivity contribution in [3.8, 4) is 0 Å². The van der Waals surface area contributed by atoms with Crippen molar-refractivity contribution in [3.05, 3.63) is 41.3 Å². The Morgan fingerprint density at radius 1 is 1.26 bits per heavy atom. The van der Waals surface area contributed by atoms with E-state index in [9.17, 15) is 14.0 Å². The van der Waals surface area contributed by atoms with E-state index in [1.807, 2.05) is 20.8 Å². The number of halogens is 1. The Hall–Kier alpha value is -3.43. The summed E-state index contributed by atoms with van der Waals surface area (Å²) < 4.78 is 20.5. The van der Waals surface area contributed by atoms with Crippen LogP contribution in [0.25, 0.3) is 0 Å². The van der Waals surface area contributed by atoms with Gasteiger partial charge >= 0.3 is 12.1 Å². The van der Waals surface area contributed by atoms with Crippen molar-refractivity contribution in [1.29, 1.82) is 0 Å². The van der Waals surface area contributed by atoms with Crippen molar-refractivity contribution in [2.45, 2.75) is 65.1 Å². The molecule has 2 aliphatic rings. The summed E-state index contributed by atoms with van der Waals surface area (Å²) in [6.45, 7) is 8.14. The average Bonchev–Trinajstić information content (AvgIpc) is 2.99. The van der Waals surface area contributed by atoms with E-state index < -0.39 is 23.5 Å². The maximum absolute atomic E-state index is 14.9. The molecule has 2 aliphatic heterocycles. The van der Waals surface area contributed by atoms with E-state index in [1.165, 1.54) is 11.0 Å². The van der Waals surface area contributed by atoms with Gasteiger partial charge in [0.25, 0.3) is 0 Å². The number of benzene rings is 1. The number of nitrogens with zero attached hydrogens (tertiary/aromatic N) is 5. The fourth-order valence-corrected chi connectivity index (χ4v) is 4.48. The van der Waals surface area contributed by atoms with Gasteiger partial charge in [-0.25, -0.2) is 19.0 Å². The second kappa shape index (κ2) is 9.08. The number of aromatic nitrogens is 2. The molecule has 0 bridgehead atoms. The highest BCUT2D eigenvalue weighted by Gasteiger charge is 2.40. The minimum Gasteiger partial charge on any atom is -0.444 e. The molecule has 3 heterocycles. The molecule has 3 amide bonds. The first-order chi connectivity index (χ1) is 16.0. The van der Waals surface area contributed by atoms with Gasteiger partial charge in [0, 0.05) is 24.8 Å². The van der Waals surface area contributed by atoms with Gasteiger partial charge in [0.1, 0.15) is 17.2 Å². The van der Waals surface area contributed by atoms with Crippen molar-refractivity contribution in [2.24, 2.45) is 0 Å². The van der Waals surface area contributed by atoms with Gasteiger partial charge in [-0.05, 0) is 58.6 Å². The van der Waals surface area contributed by atoms with Crippen LogP contribution in [-0.2, 0) is 11.3 Å². The van der Waals surface area contributed by atoms with Crippen molar-refractivity contribution < 1.29 is 18.7 Å². The number of carbonyl (C=O) groups is 2. The third-order valence-corrected chi connectivity index (χ3v) is 5.98. The summed E-state index contributed by atoms with van der Waals surface area (Å²) in [6, 6.07) is 3.92. The lowest BCUT2D eigenvalue weighted by Gasteiger charge is -2.41. The first-order valence-electron chi connectivity index (χ1n) is 11.5. The van der Waals surface area contributed by atoms with E-state index in [0.29, 0.717) is 29.9 Å². The number of amides is 3. The van der Waals surface area contributed by atoms with Crippen LogP contribution in [0.1, 0.15) is 51.2 Å². The highest BCUT2D eigenvalue weighted by atomic mass is 19.1. The average molecular weight is 471 g/mol. The summed E-state index contributed by atoms with van der Waals surface area (Å²) in [7, 11) is 0. The highest BCUT2D eigenvalue weighted by Crippen LogP contribution is 2.36. The van der Waals surface area contributed by atoms with Crippen LogP contribution in [0.3, 0.4) is 0 Å². The molecule has 1 aromatic carbocycles. The van der Waals surface area contributed by atoms with Crippen molar-refractivity contribution in [2.75, 3.05) is 28.6 Å². The number of carbonyl (C=O) groups excluding carboxylic acids is 2. The van der Waals surface area contributed by atoms with Crippen LogP contribution in [0.4, 0.5) is 31.4 Å². The quantitative estimate of drug-likeness (QED) is 0.704. The number of hydrogen-bond donors (Lipinski definition) is 1. The lowest BCUT2D eigenvalue weighted by atomic mass is 10.1. The van der Waals surface area contributed by atoms with E-state index in [1.54, 1.807) is 35.1 Å². The predicted molar refractivity (Wildman–Crippen MR) is 127 cm³/mol. The zero-order valence-electron chi connectivity index (χ0n) is 20.0. The molecule has 2 N–H and O–H groups in total. The Morgan fingerprint density at radius 2 is 2.03 bits per heavy atom. The summed E-state index contributed by atoms with van der Waals surface area (Å²) in [4.78, 5) is 39.8. The smallest absolute Gasteiger partial charge is 0.410 e. The van der Waals surface area contributed by atoms with Crippen LogP contribution >= 0.6 is 0 Å². The normalized spacial score (nSPS) is 19.0. The first kappa shape index (κ1) is 23.7. The molecule has 4 rings (SSSR count). The number of anilines is 3. The molecule has 10 heteroatoms. The van der Waals surface area contributed by atoms with Gasteiger partial charge in [-0.15, -0.1) is 0 Å². The summed E-state index contributed by atoms with van der Waals surface area (Å²) in [6.07, 6.45) is 3.39. The highest BCUT2D eigenvalue weighted by molar-refractivity contribution is 6.06. The lowest BCUT2D eigenvalue weighted by molar-refractivity contribution is 0.0249. The van der Waals surface area contributed by atoms with Gasteiger partial charge in [-0.3, -0.25) is 9.80 Å². The topological polar surface area (TPSA) is 105 Å². The number of ether oxygens (including phenoxy) is 1. The molecule has 1 saturated heterocycles. The number of aryl methyl sites for hydroxylation is 1. The number of likely N-dealkylation sites (tertiary alicyclic amines) is 1. The maximum Gasteiger partial charge on any atom is 0.410 e. The maximum atomic E-state index is 14.9. The Morgan fingerprint density at radius 3 is 2.74 bits per heavy atom. The van der Waals surface area contributed by atoms with Crippen molar-refractivity contribution in [3.63, 3.8) is 0 Å². The van der Waals surface area contributed by atoms with Gasteiger partial charge in [-0.1, -0.05) is 12.1 Å². The number of para-hydroxylation sites is 1. The van der Waals surface area contributed by atoms with Crippen molar-refractivity contribution in [1.82, 2.24) is 14.9 Å². The van der Waals surface area contributed by atoms with E-state index in [4.69, 9.17) is 10.5 Å². The minimum atomic E-state index is -0.632. The first-order valence-corrected chi connectivity index (χ1v) is 11.5. The molecule has 1 atom stereocenters. The SMILES string of the molecule is Cc1cccc(F)c1N1Cc2cnc(N)nc2N([C@@H]2CCCCN(C(=O)OC(C)(C)C)C2)C1=O. The summed E-state index contributed by atoms with van der Waals surface area (Å²) in [5.74, 6) is -0.0344. The number of rotatable bonds is 2. The number of nitrogens with two attached hydrogens (primary N) is 1. The Balaban J connectivity index is 1.73. The predicted octanol–water partition coefficient (Wildman–Crippen LogP) is 4.24. The Labute approximate surface area is 198 Å². The lowest BCUT2D eigenvalue weighted by Crippen LogP contribution is -2.56. The van der Waals surface area contributed by atoms with Gasteiger partial charge < -0.3 is 15.4 Å². The fourth-order valence-electron chi connectivity index (χ4n) is 4.48. The number of urea groups is 1. The fraction of sp³-hybridized carbons (Fsp3) is 0.500. The largest absolute Gasteiger partial charge is 0.444 e. The van der Waals surface area contributed by atoms with Crippen LogP contribution in [0.2, 0.25) is 0 Å².